The number of nitrogens with zero attached hydrogens (tertiary/aromatic N) is 2. The van der Waals surface area contributed by atoms with Crippen LogP contribution in [0.1, 0.15) is 5.56 Å². The van der Waals surface area contributed by atoms with Crippen molar-refractivity contribution in [3.05, 3.63) is 48.2 Å². The zero-order chi connectivity index (χ0) is 11.5. The lowest BCUT2D eigenvalue weighted by Gasteiger charge is -2.13. The van der Waals surface area contributed by atoms with Gasteiger partial charge in [-0.1, -0.05) is 30.3 Å². The minimum atomic E-state index is 0.997. The van der Waals surface area contributed by atoms with E-state index in [1.807, 2.05) is 31.3 Å². The van der Waals surface area contributed by atoms with Gasteiger partial charge in [0.1, 0.15) is 5.82 Å². The number of hydrogen-bond donors (Lipinski definition) is 0. The normalized spacial score (nSPS) is 10.2. The zero-order valence-corrected chi connectivity index (χ0v) is 9.94. The minimum absolute atomic E-state index is 0.997. The summed E-state index contributed by atoms with van der Waals surface area (Å²) in [5.74, 6) is 0.997. The fraction of sp³-hybridized carbons (Fsp3) is 0.214. The SMILES string of the molecule is Cc1cc(N(C)C)ncc1-c1ccccc1. The van der Waals surface area contributed by atoms with Gasteiger partial charge in [-0.15, -0.1) is 0 Å². The number of hydrogen-bond acceptors (Lipinski definition) is 2. The molecule has 0 spiro atoms. The highest BCUT2D eigenvalue weighted by atomic mass is 15.1. The molecule has 2 rings (SSSR count). The Hall–Kier alpha value is -1.83. The van der Waals surface area contributed by atoms with Gasteiger partial charge in [0.05, 0.1) is 0 Å². The maximum Gasteiger partial charge on any atom is 0.128 e. The molecule has 16 heavy (non-hydrogen) atoms. The molecule has 0 aliphatic rings. The molecule has 0 amide bonds. The fourth-order valence-electron chi connectivity index (χ4n) is 1.71. The molecule has 2 nitrogen and oxygen atoms in total. The lowest BCUT2D eigenvalue weighted by Crippen LogP contribution is -2.10. The molecular weight excluding hydrogens is 196 g/mol. The standard InChI is InChI=1S/C14H16N2/c1-11-9-14(16(2)3)15-10-13(11)12-7-5-4-6-8-12/h4-10H,1-3H3. The summed E-state index contributed by atoms with van der Waals surface area (Å²) in [5, 5.41) is 0. The van der Waals surface area contributed by atoms with Gasteiger partial charge in [-0.05, 0) is 24.1 Å². The molecule has 0 atom stereocenters. The number of anilines is 1. The number of rotatable bonds is 2. The molecule has 0 bridgehead atoms. The molecule has 0 unspecified atom stereocenters. The molecule has 1 heterocycles. The second-order valence-corrected chi connectivity index (χ2v) is 4.12. The average Bonchev–Trinajstić information content (AvgIpc) is 2.30. The van der Waals surface area contributed by atoms with Crippen LogP contribution in [-0.2, 0) is 0 Å². The molecule has 0 saturated carbocycles. The van der Waals surface area contributed by atoms with E-state index in [9.17, 15) is 0 Å². The zero-order valence-electron chi connectivity index (χ0n) is 9.94. The molecule has 1 aromatic heterocycles. The van der Waals surface area contributed by atoms with Crippen molar-refractivity contribution in [2.75, 3.05) is 19.0 Å². The summed E-state index contributed by atoms with van der Waals surface area (Å²) >= 11 is 0. The van der Waals surface area contributed by atoms with E-state index >= 15 is 0 Å². The minimum Gasteiger partial charge on any atom is -0.363 e. The summed E-state index contributed by atoms with van der Waals surface area (Å²) in [5.41, 5.74) is 3.67. The third-order valence-corrected chi connectivity index (χ3v) is 2.64. The average molecular weight is 212 g/mol. The molecule has 0 saturated heterocycles. The van der Waals surface area contributed by atoms with Gasteiger partial charge >= 0.3 is 0 Å². The smallest absolute Gasteiger partial charge is 0.128 e. The van der Waals surface area contributed by atoms with Crippen LogP contribution >= 0.6 is 0 Å². The summed E-state index contributed by atoms with van der Waals surface area (Å²) in [7, 11) is 4.01. The van der Waals surface area contributed by atoms with Gasteiger partial charge in [0.15, 0.2) is 0 Å². The molecule has 0 fully saturated rings. The van der Waals surface area contributed by atoms with E-state index in [-0.39, 0.29) is 0 Å². The highest BCUT2D eigenvalue weighted by molar-refractivity contribution is 5.67. The van der Waals surface area contributed by atoms with Crippen molar-refractivity contribution < 1.29 is 0 Å². The monoisotopic (exact) mass is 212 g/mol. The predicted molar refractivity (Wildman–Crippen MR) is 68.7 cm³/mol. The van der Waals surface area contributed by atoms with Crippen molar-refractivity contribution in [3.8, 4) is 11.1 Å². The van der Waals surface area contributed by atoms with Crippen molar-refractivity contribution in [1.29, 1.82) is 0 Å². The van der Waals surface area contributed by atoms with Gasteiger partial charge < -0.3 is 4.90 Å². The maximum atomic E-state index is 4.44. The van der Waals surface area contributed by atoms with E-state index in [4.69, 9.17) is 0 Å². The Morgan fingerprint density at radius 2 is 1.75 bits per heavy atom. The third-order valence-electron chi connectivity index (χ3n) is 2.64. The van der Waals surface area contributed by atoms with Crippen LogP contribution in [0.3, 0.4) is 0 Å². The highest BCUT2D eigenvalue weighted by Gasteiger charge is 2.04. The summed E-state index contributed by atoms with van der Waals surface area (Å²) in [6, 6.07) is 12.5. The molecule has 1 aromatic carbocycles. The largest absolute Gasteiger partial charge is 0.363 e. The highest BCUT2D eigenvalue weighted by Crippen LogP contribution is 2.24. The molecule has 2 heteroatoms. The molecule has 82 valence electrons. The Bertz CT molecular complexity index is 475. The maximum absolute atomic E-state index is 4.44. The first-order valence-electron chi connectivity index (χ1n) is 5.38. The topological polar surface area (TPSA) is 16.1 Å². The lowest BCUT2D eigenvalue weighted by molar-refractivity contribution is 1.06. The van der Waals surface area contributed by atoms with E-state index in [0.717, 1.165) is 5.82 Å². The van der Waals surface area contributed by atoms with Crippen LogP contribution in [0.4, 0.5) is 5.82 Å². The third kappa shape index (κ3) is 2.06. The van der Waals surface area contributed by atoms with Crippen molar-refractivity contribution in [2.24, 2.45) is 0 Å². The van der Waals surface area contributed by atoms with Gasteiger partial charge in [-0.25, -0.2) is 4.98 Å². The van der Waals surface area contributed by atoms with Crippen molar-refractivity contribution in [1.82, 2.24) is 4.98 Å². The van der Waals surface area contributed by atoms with Crippen LogP contribution in [0.5, 0.6) is 0 Å². The van der Waals surface area contributed by atoms with Crippen LogP contribution in [0.2, 0.25) is 0 Å². The summed E-state index contributed by atoms with van der Waals surface area (Å²) < 4.78 is 0. The van der Waals surface area contributed by atoms with Crippen LogP contribution in [0.25, 0.3) is 11.1 Å². The number of aromatic nitrogens is 1. The molecule has 0 aliphatic heterocycles. The Balaban J connectivity index is 2.45. The second kappa shape index (κ2) is 4.35. The van der Waals surface area contributed by atoms with Gasteiger partial charge in [-0.3, -0.25) is 0 Å². The predicted octanol–water partition coefficient (Wildman–Crippen LogP) is 3.12. The lowest BCUT2D eigenvalue weighted by atomic mass is 10.0. The van der Waals surface area contributed by atoms with Gasteiger partial charge in [-0.2, -0.15) is 0 Å². The van der Waals surface area contributed by atoms with E-state index in [2.05, 4.69) is 42.2 Å². The fourth-order valence-corrected chi connectivity index (χ4v) is 1.71. The van der Waals surface area contributed by atoms with Crippen molar-refractivity contribution in [2.45, 2.75) is 6.92 Å². The van der Waals surface area contributed by atoms with Crippen molar-refractivity contribution >= 4 is 5.82 Å². The Morgan fingerprint density at radius 3 is 2.31 bits per heavy atom. The number of pyridine rings is 1. The first-order valence-corrected chi connectivity index (χ1v) is 5.38. The van der Waals surface area contributed by atoms with Crippen LogP contribution in [0, 0.1) is 6.92 Å². The summed E-state index contributed by atoms with van der Waals surface area (Å²) in [4.78, 5) is 6.46. The molecule has 0 radical (unpaired) electrons. The van der Waals surface area contributed by atoms with E-state index in [0.29, 0.717) is 0 Å². The number of benzene rings is 1. The van der Waals surface area contributed by atoms with Crippen molar-refractivity contribution in [3.63, 3.8) is 0 Å². The van der Waals surface area contributed by atoms with Crippen LogP contribution in [-0.4, -0.2) is 19.1 Å². The van der Waals surface area contributed by atoms with Crippen LogP contribution < -0.4 is 4.90 Å². The number of aryl methyl sites for hydroxylation is 1. The second-order valence-electron chi connectivity index (χ2n) is 4.12. The first kappa shape index (κ1) is 10.7. The first-order chi connectivity index (χ1) is 7.68. The molecule has 0 aliphatic carbocycles. The quantitative estimate of drug-likeness (QED) is 0.760. The van der Waals surface area contributed by atoms with E-state index < -0.39 is 0 Å². The summed E-state index contributed by atoms with van der Waals surface area (Å²) in [6.07, 6.45) is 1.94. The van der Waals surface area contributed by atoms with E-state index in [1.54, 1.807) is 0 Å². The molecule has 0 N–H and O–H groups in total. The Labute approximate surface area is 96.6 Å². The van der Waals surface area contributed by atoms with Gasteiger partial charge in [0.2, 0.25) is 0 Å². The van der Waals surface area contributed by atoms with E-state index in [1.165, 1.54) is 16.7 Å². The van der Waals surface area contributed by atoms with Crippen LogP contribution in [0.15, 0.2) is 42.6 Å². The Kier molecular flexibility index (Phi) is 2.91. The van der Waals surface area contributed by atoms with Gasteiger partial charge in [0.25, 0.3) is 0 Å². The Morgan fingerprint density at radius 1 is 1.06 bits per heavy atom. The summed E-state index contributed by atoms with van der Waals surface area (Å²) in [6.45, 7) is 2.12. The van der Waals surface area contributed by atoms with Gasteiger partial charge in [0, 0.05) is 25.9 Å². The molecule has 2 aromatic rings. The molecular formula is C14H16N2.